The number of nitrogens with zero attached hydrogens (tertiary/aromatic N) is 5. The number of pyridine rings is 1. The Morgan fingerprint density at radius 1 is 1.08 bits per heavy atom. The van der Waals surface area contributed by atoms with Crippen LogP contribution in [0, 0.1) is 0 Å². The van der Waals surface area contributed by atoms with Gasteiger partial charge in [0.1, 0.15) is 0 Å². The third kappa shape index (κ3) is 3.86. The van der Waals surface area contributed by atoms with Gasteiger partial charge in [-0.1, -0.05) is 24.6 Å². The smallest absolute Gasteiger partial charge is 0.233 e. The van der Waals surface area contributed by atoms with Crippen molar-refractivity contribution in [1.29, 1.82) is 0 Å². The first-order valence-electron chi connectivity index (χ1n) is 9.09. The van der Waals surface area contributed by atoms with E-state index in [4.69, 9.17) is 0 Å². The lowest BCUT2D eigenvalue weighted by Crippen LogP contribution is -2.33. The maximum Gasteiger partial charge on any atom is 0.233 e. The van der Waals surface area contributed by atoms with Crippen molar-refractivity contribution in [3.8, 4) is 11.4 Å². The number of hydrogen-bond acceptors (Lipinski definition) is 5. The molecule has 1 saturated heterocycles. The normalized spacial score (nSPS) is 18.2. The molecule has 2 aromatic rings. The average molecular weight is 357 g/mol. The SMILES string of the molecule is O=C(CSc1nnc(-c2ccncc2)n1C1CC1)N1CCCCCC1. The molecule has 0 radical (unpaired) electrons. The van der Waals surface area contributed by atoms with Crippen LogP contribution in [0.1, 0.15) is 44.6 Å². The van der Waals surface area contributed by atoms with Crippen LogP contribution in [-0.2, 0) is 4.79 Å². The van der Waals surface area contributed by atoms with E-state index in [1.54, 1.807) is 12.4 Å². The summed E-state index contributed by atoms with van der Waals surface area (Å²) in [5.74, 6) is 1.55. The van der Waals surface area contributed by atoms with Crippen LogP contribution in [0.3, 0.4) is 0 Å². The highest BCUT2D eigenvalue weighted by atomic mass is 32.2. The summed E-state index contributed by atoms with van der Waals surface area (Å²) in [5.41, 5.74) is 1.03. The highest BCUT2D eigenvalue weighted by Gasteiger charge is 2.30. The van der Waals surface area contributed by atoms with E-state index in [1.807, 2.05) is 17.0 Å². The van der Waals surface area contributed by atoms with E-state index in [-0.39, 0.29) is 5.91 Å². The van der Waals surface area contributed by atoms with Crippen LogP contribution >= 0.6 is 11.8 Å². The molecule has 0 atom stereocenters. The van der Waals surface area contributed by atoms with Crippen molar-refractivity contribution in [3.05, 3.63) is 24.5 Å². The molecule has 1 saturated carbocycles. The molecule has 0 N–H and O–H groups in total. The molecule has 0 spiro atoms. The van der Waals surface area contributed by atoms with E-state index >= 15 is 0 Å². The van der Waals surface area contributed by atoms with Crippen LogP contribution in [0.5, 0.6) is 0 Å². The monoisotopic (exact) mass is 357 g/mol. The van der Waals surface area contributed by atoms with E-state index in [0.717, 1.165) is 55.3 Å². The number of thioether (sulfide) groups is 1. The number of likely N-dealkylation sites (tertiary alicyclic amines) is 1. The molecule has 25 heavy (non-hydrogen) atoms. The van der Waals surface area contributed by atoms with Gasteiger partial charge in [0.25, 0.3) is 0 Å². The molecular formula is C18H23N5OS. The fourth-order valence-corrected chi connectivity index (χ4v) is 4.18. The Labute approximate surface area is 152 Å². The summed E-state index contributed by atoms with van der Waals surface area (Å²) in [5, 5.41) is 9.63. The molecular weight excluding hydrogens is 334 g/mol. The lowest BCUT2D eigenvalue weighted by molar-refractivity contribution is -0.128. The second kappa shape index (κ2) is 7.56. The fraction of sp³-hybridized carbons (Fsp3) is 0.556. The molecule has 0 unspecified atom stereocenters. The molecule has 0 aromatic carbocycles. The Hall–Kier alpha value is -1.89. The van der Waals surface area contributed by atoms with Gasteiger partial charge in [0, 0.05) is 37.1 Å². The number of rotatable bonds is 5. The Morgan fingerprint density at radius 2 is 1.80 bits per heavy atom. The molecule has 2 fully saturated rings. The van der Waals surface area contributed by atoms with Crippen molar-refractivity contribution >= 4 is 17.7 Å². The minimum atomic E-state index is 0.225. The molecule has 6 nitrogen and oxygen atoms in total. The molecule has 2 aromatic heterocycles. The molecule has 132 valence electrons. The van der Waals surface area contributed by atoms with E-state index in [9.17, 15) is 4.79 Å². The maximum atomic E-state index is 12.5. The minimum absolute atomic E-state index is 0.225. The molecule has 1 aliphatic heterocycles. The van der Waals surface area contributed by atoms with Crippen LogP contribution in [-0.4, -0.2) is 49.4 Å². The van der Waals surface area contributed by atoms with Gasteiger partial charge in [0.15, 0.2) is 11.0 Å². The molecule has 1 amide bonds. The summed E-state index contributed by atoms with van der Waals surface area (Å²) in [6, 6.07) is 4.38. The summed E-state index contributed by atoms with van der Waals surface area (Å²) < 4.78 is 2.20. The third-order valence-corrected chi connectivity index (χ3v) is 5.73. The Bertz CT molecular complexity index is 720. The average Bonchev–Trinajstić information content (AvgIpc) is 3.45. The van der Waals surface area contributed by atoms with Gasteiger partial charge in [0.05, 0.1) is 5.75 Å². The van der Waals surface area contributed by atoms with Crippen molar-refractivity contribution in [2.45, 2.75) is 49.7 Å². The molecule has 0 bridgehead atoms. The summed E-state index contributed by atoms with van der Waals surface area (Å²) in [6.45, 7) is 1.80. The Balaban J connectivity index is 1.47. The first kappa shape index (κ1) is 16.6. The lowest BCUT2D eigenvalue weighted by atomic mass is 10.2. The maximum absolute atomic E-state index is 12.5. The van der Waals surface area contributed by atoms with Crippen molar-refractivity contribution in [1.82, 2.24) is 24.6 Å². The molecule has 1 aliphatic carbocycles. The summed E-state index contributed by atoms with van der Waals surface area (Å²) in [7, 11) is 0. The molecule has 2 aliphatic rings. The zero-order valence-corrected chi connectivity index (χ0v) is 15.1. The first-order valence-corrected chi connectivity index (χ1v) is 10.1. The number of carbonyl (C=O) groups excluding carboxylic acids is 1. The number of carbonyl (C=O) groups is 1. The van der Waals surface area contributed by atoms with E-state index in [2.05, 4.69) is 19.7 Å². The topological polar surface area (TPSA) is 63.9 Å². The standard InChI is InChI=1S/C18H23N5OS/c24-16(22-11-3-1-2-4-12-22)13-25-18-21-20-17(23(18)15-5-6-15)14-7-9-19-10-8-14/h7-10,15H,1-6,11-13H2. The minimum Gasteiger partial charge on any atom is -0.342 e. The second-order valence-electron chi connectivity index (χ2n) is 6.73. The molecule has 7 heteroatoms. The van der Waals surface area contributed by atoms with Crippen LogP contribution in [0.15, 0.2) is 29.7 Å². The summed E-state index contributed by atoms with van der Waals surface area (Å²) in [4.78, 5) is 18.6. The van der Waals surface area contributed by atoms with Crippen molar-refractivity contribution < 1.29 is 4.79 Å². The van der Waals surface area contributed by atoms with Gasteiger partial charge in [0.2, 0.25) is 5.91 Å². The summed E-state index contributed by atoms with van der Waals surface area (Å²) >= 11 is 1.52. The van der Waals surface area contributed by atoms with Crippen molar-refractivity contribution in [2.24, 2.45) is 0 Å². The van der Waals surface area contributed by atoms with Gasteiger partial charge in [-0.25, -0.2) is 0 Å². The van der Waals surface area contributed by atoms with E-state index in [0.29, 0.717) is 11.8 Å². The van der Waals surface area contributed by atoms with Gasteiger partial charge < -0.3 is 4.90 Å². The van der Waals surface area contributed by atoms with E-state index in [1.165, 1.54) is 24.6 Å². The Morgan fingerprint density at radius 3 is 2.48 bits per heavy atom. The van der Waals surface area contributed by atoms with Crippen LogP contribution in [0.2, 0.25) is 0 Å². The lowest BCUT2D eigenvalue weighted by Gasteiger charge is -2.19. The van der Waals surface area contributed by atoms with Crippen molar-refractivity contribution in [2.75, 3.05) is 18.8 Å². The van der Waals surface area contributed by atoms with Gasteiger partial charge >= 0.3 is 0 Å². The van der Waals surface area contributed by atoms with Gasteiger partial charge in [-0.2, -0.15) is 0 Å². The quantitative estimate of drug-likeness (QED) is 0.769. The molecule has 3 heterocycles. The number of hydrogen-bond donors (Lipinski definition) is 0. The zero-order chi connectivity index (χ0) is 17.1. The zero-order valence-electron chi connectivity index (χ0n) is 14.3. The first-order chi connectivity index (χ1) is 12.3. The number of aromatic nitrogens is 4. The van der Waals surface area contributed by atoms with Crippen LogP contribution in [0.4, 0.5) is 0 Å². The second-order valence-corrected chi connectivity index (χ2v) is 7.67. The Kier molecular flexibility index (Phi) is 5.01. The van der Waals surface area contributed by atoms with Crippen molar-refractivity contribution in [3.63, 3.8) is 0 Å². The predicted molar refractivity (Wildman–Crippen MR) is 97.3 cm³/mol. The van der Waals surface area contributed by atoms with Gasteiger partial charge in [-0.05, 0) is 37.8 Å². The highest BCUT2D eigenvalue weighted by molar-refractivity contribution is 7.99. The van der Waals surface area contributed by atoms with Gasteiger partial charge in [-0.15, -0.1) is 10.2 Å². The van der Waals surface area contributed by atoms with Crippen LogP contribution in [0.25, 0.3) is 11.4 Å². The van der Waals surface area contributed by atoms with Crippen LogP contribution < -0.4 is 0 Å². The fourth-order valence-electron chi connectivity index (χ4n) is 3.27. The highest BCUT2D eigenvalue weighted by Crippen LogP contribution is 2.41. The largest absolute Gasteiger partial charge is 0.342 e. The summed E-state index contributed by atoms with van der Waals surface area (Å²) in [6.07, 6.45) is 10.6. The van der Waals surface area contributed by atoms with Gasteiger partial charge in [-0.3, -0.25) is 14.3 Å². The van der Waals surface area contributed by atoms with E-state index < -0.39 is 0 Å². The third-order valence-electron chi connectivity index (χ3n) is 4.80. The number of amides is 1. The molecule has 4 rings (SSSR count). The predicted octanol–water partition coefficient (Wildman–Crippen LogP) is 3.17.